The third-order valence-electron chi connectivity index (χ3n) is 6.29. The van der Waals surface area contributed by atoms with Gasteiger partial charge in [-0.05, 0) is 41.8 Å². The van der Waals surface area contributed by atoms with Gasteiger partial charge < -0.3 is 10.1 Å². The normalized spacial score (nSPS) is 20.5. The molecule has 168 valence electrons. The SMILES string of the molecule is CC1=C(C(=O)OCCc2ccccc2)[C@@H](c2cccs2)C2=C(C[C@H](c3cccs3)CC2=O)N1. The minimum absolute atomic E-state index is 0.114. The number of allylic oxidation sites excluding steroid dienone is 3. The van der Waals surface area contributed by atoms with E-state index in [1.165, 1.54) is 4.88 Å². The highest BCUT2D eigenvalue weighted by molar-refractivity contribution is 7.10. The van der Waals surface area contributed by atoms with Gasteiger partial charge in [-0.25, -0.2) is 4.79 Å². The van der Waals surface area contributed by atoms with Crippen LogP contribution >= 0.6 is 22.7 Å². The van der Waals surface area contributed by atoms with Crippen LogP contribution in [0.2, 0.25) is 0 Å². The van der Waals surface area contributed by atoms with E-state index in [0.29, 0.717) is 25.0 Å². The molecule has 1 N–H and O–H groups in total. The maximum Gasteiger partial charge on any atom is 0.336 e. The number of benzene rings is 1. The van der Waals surface area contributed by atoms with Crippen molar-refractivity contribution in [3.8, 4) is 0 Å². The van der Waals surface area contributed by atoms with E-state index in [0.717, 1.165) is 33.8 Å². The first-order valence-electron chi connectivity index (χ1n) is 11.1. The molecular formula is C27H25NO3S2. The first-order chi connectivity index (χ1) is 16.1. The summed E-state index contributed by atoms with van der Waals surface area (Å²) >= 11 is 3.27. The number of rotatable bonds is 6. The Hall–Kier alpha value is -2.96. The number of hydrogen-bond acceptors (Lipinski definition) is 6. The fourth-order valence-electron chi connectivity index (χ4n) is 4.76. The Morgan fingerprint density at radius 2 is 1.73 bits per heavy atom. The number of nitrogens with one attached hydrogen (secondary N) is 1. The van der Waals surface area contributed by atoms with E-state index < -0.39 is 0 Å². The zero-order valence-electron chi connectivity index (χ0n) is 18.4. The second kappa shape index (κ2) is 9.49. The molecule has 6 heteroatoms. The van der Waals surface area contributed by atoms with Gasteiger partial charge in [-0.1, -0.05) is 42.5 Å². The fraction of sp³-hybridized carbons (Fsp3) is 0.259. The number of esters is 1. The van der Waals surface area contributed by atoms with Gasteiger partial charge >= 0.3 is 5.97 Å². The molecule has 0 saturated heterocycles. The Labute approximate surface area is 201 Å². The number of hydrogen-bond donors (Lipinski definition) is 1. The molecule has 0 radical (unpaired) electrons. The third-order valence-corrected chi connectivity index (χ3v) is 8.26. The smallest absolute Gasteiger partial charge is 0.336 e. The van der Waals surface area contributed by atoms with Gasteiger partial charge in [-0.2, -0.15) is 0 Å². The highest BCUT2D eigenvalue weighted by atomic mass is 32.1. The lowest BCUT2D eigenvalue weighted by Crippen LogP contribution is -2.35. The second-order valence-electron chi connectivity index (χ2n) is 8.42. The first kappa shape index (κ1) is 21.9. The van der Waals surface area contributed by atoms with Crippen molar-refractivity contribution < 1.29 is 14.3 Å². The van der Waals surface area contributed by atoms with Gasteiger partial charge in [0.15, 0.2) is 5.78 Å². The number of ketones is 1. The lowest BCUT2D eigenvalue weighted by atomic mass is 9.74. The molecule has 0 spiro atoms. The van der Waals surface area contributed by atoms with Crippen molar-refractivity contribution in [3.63, 3.8) is 0 Å². The van der Waals surface area contributed by atoms with Crippen molar-refractivity contribution in [1.82, 2.24) is 5.32 Å². The Bertz CT molecular complexity index is 1210. The van der Waals surface area contributed by atoms with Gasteiger partial charge in [0, 0.05) is 45.5 Å². The summed E-state index contributed by atoms with van der Waals surface area (Å²) in [6, 6.07) is 18.1. The molecule has 2 aliphatic rings. The quantitative estimate of drug-likeness (QED) is 0.447. The first-order valence-corrected chi connectivity index (χ1v) is 12.9. The molecule has 3 heterocycles. The van der Waals surface area contributed by atoms with Crippen molar-refractivity contribution in [2.75, 3.05) is 6.61 Å². The fourth-order valence-corrected chi connectivity index (χ4v) is 6.43. The second-order valence-corrected chi connectivity index (χ2v) is 10.4. The topological polar surface area (TPSA) is 55.4 Å². The largest absolute Gasteiger partial charge is 0.462 e. The average molecular weight is 476 g/mol. The van der Waals surface area contributed by atoms with E-state index in [1.807, 2.05) is 60.8 Å². The summed E-state index contributed by atoms with van der Waals surface area (Å²) in [4.78, 5) is 29.0. The Kier molecular flexibility index (Phi) is 6.29. The van der Waals surface area contributed by atoms with Crippen molar-refractivity contribution in [3.05, 3.63) is 103 Å². The van der Waals surface area contributed by atoms with Crippen LogP contribution in [-0.2, 0) is 20.7 Å². The lowest BCUT2D eigenvalue weighted by Gasteiger charge is -2.35. The van der Waals surface area contributed by atoms with Crippen LogP contribution in [0.5, 0.6) is 0 Å². The molecule has 1 aliphatic heterocycles. The van der Waals surface area contributed by atoms with Crippen LogP contribution < -0.4 is 5.32 Å². The highest BCUT2D eigenvalue weighted by Gasteiger charge is 2.41. The highest BCUT2D eigenvalue weighted by Crippen LogP contribution is 2.47. The van der Waals surface area contributed by atoms with Crippen LogP contribution in [0.25, 0.3) is 0 Å². The van der Waals surface area contributed by atoms with E-state index in [1.54, 1.807) is 22.7 Å². The lowest BCUT2D eigenvalue weighted by molar-refractivity contribution is -0.139. The van der Waals surface area contributed by atoms with Gasteiger partial charge in [-0.15, -0.1) is 22.7 Å². The van der Waals surface area contributed by atoms with Crippen LogP contribution in [0.15, 0.2) is 87.9 Å². The molecule has 0 fully saturated rings. The van der Waals surface area contributed by atoms with Crippen LogP contribution in [0.4, 0.5) is 0 Å². The summed E-state index contributed by atoms with van der Waals surface area (Å²) in [6.07, 6.45) is 1.90. The summed E-state index contributed by atoms with van der Waals surface area (Å²) in [7, 11) is 0. The maximum atomic E-state index is 13.5. The van der Waals surface area contributed by atoms with Gasteiger partial charge in [-0.3, -0.25) is 4.79 Å². The van der Waals surface area contributed by atoms with Crippen molar-refractivity contribution in [1.29, 1.82) is 0 Å². The summed E-state index contributed by atoms with van der Waals surface area (Å²) in [5.41, 5.74) is 4.12. The zero-order chi connectivity index (χ0) is 22.8. The number of Topliss-reactive ketones (excluding diaryl/α,β-unsaturated/α-hetero) is 1. The molecule has 3 aromatic rings. The summed E-state index contributed by atoms with van der Waals surface area (Å²) in [6.45, 7) is 2.22. The van der Waals surface area contributed by atoms with Crippen LogP contribution in [0.3, 0.4) is 0 Å². The summed E-state index contributed by atoms with van der Waals surface area (Å²) in [5.74, 6) is -0.432. The summed E-state index contributed by atoms with van der Waals surface area (Å²) < 4.78 is 5.71. The predicted octanol–water partition coefficient (Wildman–Crippen LogP) is 5.96. The van der Waals surface area contributed by atoms with Crippen LogP contribution in [0.1, 0.15) is 46.9 Å². The molecule has 33 heavy (non-hydrogen) atoms. The maximum absolute atomic E-state index is 13.5. The number of dihydropyridines is 1. The van der Waals surface area contributed by atoms with E-state index in [-0.39, 0.29) is 23.6 Å². The van der Waals surface area contributed by atoms with E-state index >= 15 is 0 Å². The standard InChI is InChI=1S/C27H25NO3S2/c1-17-24(27(30)31-12-11-18-7-3-2-4-8-18)26(23-10-6-14-33-23)25-20(28-17)15-19(16-21(25)29)22-9-5-13-32-22/h2-10,13-14,19,26,28H,11-12,15-16H2,1H3/t19-,26+/m0/s1. The minimum Gasteiger partial charge on any atom is -0.462 e. The van der Waals surface area contributed by atoms with Gasteiger partial charge in [0.1, 0.15) is 0 Å². The minimum atomic E-state index is -0.373. The van der Waals surface area contributed by atoms with Crippen LogP contribution in [-0.4, -0.2) is 18.4 Å². The molecule has 4 nitrogen and oxygen atoms in total. The monoisotopic (exact) mass is 475 g/mol. The van der Waals surface area contributed by atoms with E-state index in [4.69, 9.17) is 4.74 Å². The molecule has 0 amide bonds. The molecular weight excluding hydrogens is 450 g/mol. The molecule has 1 aliphatic carbocycles. The number of thiophene rings is 2. The molecule has 2 atom stereocenters. The Balaban J connectivity index is 1.42. The molecule has 0 bridgehead atoms. The number of carbonyl (C=O) groups is 2. The molecule has 0 saturated carbocycles. The molecule has 5 rings (SSSR count). The van der Waals surface area contributed by atoms with Crippen molar-refractivity contribution in [2.45, 2.75) is 38.0 Å². The third kappa shape index (κ3) is 4.45. The molecule has 0 unspecified atom stereocenters. The number of carbonyl (C=O) groups excluding carboxylic acids is 2. The molecule has 2 aromatic heterocycles. The van der Waals surface area contributed by atoms with E-state index in [2.05, 4.69) is 16.8 Å². The van der Waals surface area contributed by atoms with Crippen molar-refractivity contribution >= 4 is 34.4 Å². The van der Waals surface area contributed by atoms with Gasteiger partial charge in [0.25, 0.3) is 0 Å². The van der Waals surface area contributed by atoms with E-state index in [9.17, 15) is 9.59 Å². The van der Waals surface area contributed by atoms with Crippen LogP contribution in [0, 0.1) is 0 Å². The van der Waals surface area contributed by atoms with Gasteiger partial charge in [0.2, 0.25) is 0 Å². The van der Waals surface area contributed by atoms with Gasteiger partial charge in [0.05, 0.1) is 18.1 Å². The zero-order valence-corrected chi connectivity index (χ0v) is 20.0. The number of ether oxygens (including phenoxy) is 1. The molecule has 1 aromatic carbocycles. The van der Waals surface area contributed by atoms with Crippen molar-refractivity contribution in [2.24, 2.45) is 0 Å². The average Bonchev–Trinajstić information content (AvgIpc) is 3.53. The predicted molar refractivity (Wildman–Crippen MR) is 132 cm³/mol. The Morgan fingerprint density at radius 3 is 2.42 bits per heavy atom. The Morgan fingerprint density at radius 1 is 1.00 bits per heavy atom. The summed E-state index contributed by atoms with van der Waals surface area (Å²) in [5, 5.41) is 7.47.